The second-order valence-electron chi connectivity index (χ2n) is 2.16. The Hall–Kier alpha value is -0.350. The van der Waals surface area contributed by atoms with Gasteiger partial charge in [0.25, 0.3) is 0 Å². The zero-order valence-corrected chi connectivity index (χ0v) is 10.3. The minimum atomic E-state index is -0.981. The van der Waals surface area contributed by atoms with E-state index in [-0.39, 0.29) is 17.0 Å². The Balaban J connectivity index is -0.000000150. The third-order valence-electron chi connectivity index (χ3n) is 1.52. The first kappa shape index (κ1) is 18.4. The van der Waals surface area contributed by atoms with E-state index in [4.69, 9.17) is 5.11 Å². The Morgan fingerprint density at radius 1 is 1.31 bits per heavy atom. The van der Waals surface area contributed by atoms with Crippen molar-refractivity contribution in [3.63, 3.8) is 0 Å². The maximum absolute atomic E-state index is 9.25. The van der Waals surface area contributed by atoms with Gasteiger partial charge in [-0.2, -0.15) is 0 Å². The van der Waals surface area contributed by atoms with Gasteiger partial charge in [-0.15, -0.1) is 17.0 Å². The van der Waals surface area contributed by atoms with E-state index in [1.54, 1.807) is 0 Å². The van der Waals surface area contributed by atoms with Crippen LogP contribution in [0.2, 0.25) is 0 Å². The molecule has 0 saturated heterocycles. The number of carboxylic acids is 1. The van der Waals surface area contributed by atoms with Crippen LogP contribution in [0.25, 0.3) is 0 Å². The number of carboxylic acid groups (broad SMARTS) is 1. The SMILES string of the molecule is Br.C=CC(=O)O.CCN(CC)CC. The average molecular weight is 254 g/mol. The summed E-state index contributed by atoms with van der Waals surface area (Å²) in [4.78, 5) is 11.6. The maximum atomic E-state index is 9.25. The van der Waals surface area contributed by atoms with Gasteiger partial charge in [0.05, 0.1) is 0 Å². The van der Waals surface area contributed by atoms with Gasteiger partial charge >= 0.3 is 5.97 Å². The van der Waals surface area contributed by atoms with Gasteiger partial charge in [0.1, 0.15) is 0 Å². The molecule has 0 atom stereocenters. The van der Waals surface area contributed by atoms with Crippen molar-refractivity contribution in [1.29, 1.82) is 0 Å². The number of halogens is 1. The molecule has 0 aliphatic rings. The summed E-state index contributed by atoms with van der Waals surface area (Å²) in [5.74, 6) is -0.981. The summed E-state index contributed by atoms with van der Waals surface area (Å²) in [7, 11) is 0. The molecule has 13 heavy (non-hydrogen) atoms. The zero-order chi connectivity index (χ0) is 9.98. The average Bonchev–Trinajstić information content (AvgIpc) is 2.09. The number of aliphatic carboxylic acids is 1. The monoisotopic (exact) mass is 253 g/mol. The number of nitrogens with zero attached hydrogens (tertiary/aromatic N) is 1. The summed E-state index contributed by atoms with van der Waals surface area (Å²) >= 11 is 0. The first-order chi connectivity index (χ1) is 5.62. The summed E-state index contributed by atoms with van der Waals surface area (Å²) in [6.07, 6.45) is 0.833. The highest BCUT2D eigenvalue weighted by atomic mass is 79.9. The van der Waals surface area contributed by atoms with Gasteiger partial charge in [0.2, 0.25) is 0 Å². The first-order valence-corrected chi connectivity index (χ1v) is 4.19. The van der Waals surface area contributed by atoms with Gasteiger partial charge in [-0.1, -0.05) is 27.4 Å². The third-order valence-corrected chi connectivity index (χ3v) is 1.52. The Morgan fingerprint density at radius 3 is 1.54 bits per heavy atom. The summed E-state index contributed by atoms with van der Waals surface area (Å²) in [5, 5.41) is 7.60. The molecule has 0 rings (SSSR count). The topological polar surface area (TPSA) is 40.5 Å². The van der Waals surface area contributed by atoms with Gasteiger partial charge in [0.15, 0.2) is 0 Å². The van der Waals surface area contributed by atoms with Crippen molar-refractivity contribution < 1.29 is 9.90 Å². The molecule has 0 aromatic carbocycles. The molecule has 0 heterocycles. The Kier molecular flexibility index (Phi) is 20.1. The van der Waals surface area contributed by atoms with Crippen molar-refractivity contribution >= 4 is 23.0 Å². The fourth-order valence-electron chi connectivity index (χ4n) is 0.671. The maximum Gasteiger partial charge on any atom is 0.327 e. The molecule has 1 N–H and O–H groups in total. The molecule has 0 aromatic heterocycles. The van der Waals surface area contributed by atoms with Crippen molar-refractivity contribution in [3.8, 4) is 0 Å². The van der Waals surface area contributed by atoms with Gasteiger partial charge in [-0.05, 0) is 19.6 Å². The molecular weight excluding hydrogens is 234 g/mol. The molecule has 0 aliphatic carbocycles. The molecule has 0 fully saturated rings. The zero-order valence-electron chi connectivity index (χ0n) is 8.62. The molecule has 0 amide bonds. The van der Waals surface area contributed by atoms with Crippen LogP contribution in [0.15, 0.2) is 12.7 Å². The fourth-order valence-corrected chi connectivity index (χ4v) is 0.671. The Labute approximate surface area is 91.2 Å². The highest BCUT2D eigenvalue weighted by Gasteiger charge is 1.89. The lowest BCUT2D eigenvalue weighted by Gasteiger charge is -2.13. The quantitative estimate of drug-likeness (QED) is 0.782. The summed E-state index contributed by atoms with van der Waals surface area (Å²) in [5.41, 5.74) is 0. The second kappa shape index (κ2) is 14.2. The number of hydrogen-bond acceptors (Lipinski definition) is 2. The summed E-state index contributed by atoms with van der Waals surface area (Å²) in [6, 6.07) is 0. The van der Waals surface area contributed by atoms with Crippen LogP contribution >= 0.6 is 17.0 Å². The fraction of sp³-hybridized carbons (Fsp3) is 0.667. The third kappa shape index (κ3) is 18.5. The van der Waals surface area contributed by atoms with Gasteiger partial charge in [0, 0.05) is 6.08 Å². The second-order valence-corrected chi connectivity index (χ2v) is 2.16. The number of carbonyl (C=O) groups is 1. The van der Waals surface area contributed by atoms with Gasteiger partial charge in [-0.25, -0.2) is 4.79 Å². The standard InChI is InChI=1S/C6H15N.C3H4O2.BrH/c1-4-7(5-2)6-3;1-2-3(4)5;/h4-6H2,1-3H3;2H,1H2,(H,4,5);1H. The molecule has 3 nitrogen and oxygen atoms in total. The highest BCUT2D eigenvalue weighted by Crippen LogP contribution is 1.81. The van der Waals surface area contributed by atoms with E-state index in [9.17, 15) is 4.79 Å². The van der Waals surface area contributed by atoms with Crippen LogP contribution in [0.5, 0.6) is 0 Å². The lowest BCUT2D eigenvalue weighted by atomic mass is 10.5. The lowest BCUT2D eigenvalue weighted by molar-refractivity contribution is -0.131. The molecular formula is C9H20BrNO2. The Bertz CT molecular complexity index is 119. The van der Waals surface area contributed by atoms with E-state index in [1.807, 2.05) is 0 Å². The van der Waals surface area contributed by atoms with Crippen molar-refractivity contribution in [2.24, 2.45) is 0 Å². The molecule has 0 bridgehead atoms. The van der Waals surface area contributed by atoms with Crippen LogP contribution in [0.4, 0.5) is 0 Å². The highest BCUT2D eigenvalue weighted by molar-refractivity contribution is 8.93. The van der Waals surface area contributed by atoms with Crippen LogP contribution in [0.1, 0.15) is 20.8 Å². The minimum absolute atomic E-state index is 0. The van der Waals surface area contributed by atoms with Gasteiger partial charge in [-0.3, -0.25) is 0 Å². The van der Waals surface area contributed by atoms with Crippen LogP contribution in [-0.2, 0) is 4.79 Å². The Morgan fingerprint density at radius 2 is 1.54 bits per heavy atom. The van der Waals surface area contributed by atoms with Crippen LogP contribution in [0, 0.1) is 0 Å². The molecule has 4 heteroatoms. The molecule has 0 spiro atoms. The minimum Gasteiger partial charge on any atom is -0.478 e. The van der Waals surface area contributed by atoms with Gasteiger partial charge < -0.3 is 10.0 Å². The van der Waals surface area contributed by atoms with E-state index in [1.165, 1.54) is 19.6 Å². The number of hydrogen-bond donors (Lipinski definition) is 1. The predicted octanol–water partition coefficient (Wildman–Crippen LogP) is 2.18. The normalized spacial score (nSPS) is 8.00. The van der Waals surface area contributed by atoms with Crippen molar-refractivity contribution in [2.75, 3.05) is 19.6 Å². The molecule has 0 saturated carbocycles. The predicted molar refractivity (Wildman–Crippen MR) is 61.6 cm³/mol. The number of rotatable bonds is 4. The molecule has 0 radical (unpaired) electrons. The van der Waals surface area contributed by atoms with Crippen LogP contribution in [-0.4, -0.2) is 35.6 Å². The van der Waals surface area contributed by atoms with Crippen molar-refractivity contribution in [1.82, 2.24) is 4.90 Å². The molecule has 0 aromatic rings. The van der Waals surface area contributed by atoms with E-state index in [2.05, 4.69) is 32.3 Å². The summed E-state index contributed by atoms with van der Waals surface area (Å²) < 4.78 is 0. The van der Waals surface area contributed by atoms with E-state index >= 15 is 0 Å². The lowest BCUT2D eigenvalue weighted by Crippen LogP contribution is -2.21. The molecule has 0 unspecified atom stereocenters. The van der Waals surface area contributed by atoms with Crippen LogP contribution in [0.3, 0.4) is 0 Å². The molecule has 0 aliphatic heterocycles. The first-order valence-electron chi connectivity index (χ1n) is 4.19. The van der Waals surface area contributed by atoms with Crippen molar-refractivity contribution in [2.45, 2.75) is 20.8 Å². The molecule has 80 valence electrons. The van der Waals surface area contributed by atoms with Crippen LogP contribution < -0.4 is 0 Å². The van der Waals surface area contributed by atoms with E-state index < -0.39 is 5.97 Å². The smallest absolute Gasteiger partial charge is 0.327 e. The largest absolute Gasteiger partial charge is 0.478 e. The summed E-state index contributed by atoms with van der Waals surface area (Å²) in [6.45, 7) is 13.1. The van der Waals surface area contributed by atoms with E-state index in [0.717, 1.165) is 6.08 Å². The van der Waals surface area contributed by atoms with E-state index in [0.29, 0.717) is 0 Å². The van der Waals surface area contributed by atoms with Crippen molar-refractivity contribution in [3.05, 3.63) is 12.7 Å².